The summed E-state index contributed by atoms with van der Waals surface area (Å²) in [7, 11) is 0. The summed E-state index contributed by atoms with van der Waals surface area (Å²) in [5.41, 5.74) is -0.135. The lowest BCUT2D eigenvalue weighted by Gasteiger charge is -2.11. The van der Waals surface area contributed by atoms with Gasteiger partial charge >= 0.3 is 12.1 Å². The van der Waals surface area contributed by atoms with Gasteiger partial charge in [0.25, 0.3) is 0 Å². The summed E-state index contributed by atoms with van der Waals surface area (Å²) in [6, 6.07) is 7.49. The largest absolute Gasteiger partial charge is 0.481 e. The van der Waals surface area contributed by atoms with Crippen molar-refractivity contribution in [2.45, 2.75) is 12.6 Å². The minimum absolute atomic E-state index is 0.0852. The predicted molar refractivity (Wildman–Crippen MR) is 71.0 cm³/mol. The van der Waals surface area contributed by atoms with E-state index in [0.29, 0.717) is 5.56 Å². The molecule has 0 aliphatic rings. The van der Waals surface area contributed by atoms with Crippen LogP contribution in [-0.4, -0.2) is 16.1 Å². The summed E-state index contributed by atoms with van der Waals surface area (Å²) in [5.74, 6) is -1.14. The molecule has 0 atom stereocenters. The summed E-state index contributed by atoms with van der Waals surface area (Å²) in [4.78, 5) is 14.7. The fraction of sp³-hybridized carbons (Fsp3) is 0.143. The average molecular weight is 316 g/mol. The Labute approximate surface area is 123 Å². The topological polar surface area (TPSA) is 50.2 Å². The van der Waals surface area contributed by atoms with E-state index in [9.17, 15) is 18.0 Å². The Morgan fingerprint density at radius 2 is 1.95 bits per heavy atom. The quantitative estimate of drug-likeness (QED) is 0.869. The Morgan fingerprint density at radius 1 is 1.24 bits per heavy atom. The molecular weight excluding hydrogens is 307 g/mol. The van der Waals surface area contributed by atoms with Crippen LogP contribution in [-0.2, 0) is 17.4 Å². The summed E-state index contributed by atoms with van der Waals surface area (Å²) in [6.45, 7) is 0. The van der Waals surface area contributed by atoms with Crippen LogP contribution in [0.3, 0.4) is 0 Å². The van der Waals surface area contributed by atoms with Crippen molar-refractivity contribution in [3.8, 4) is 11.1 Å². The van der Waals surface area contributed by atoms with Crippen LogP contribution in [0.4, 0.5) is 13.2 Å². The first-order valence-corrected chi connectivity index (χ1v) is 6.20. The zero-order valence-electron chi connectivity index (χ0n) is 10.5. The van der Waals surface area contributed by atoms with Crippen LogP contribution in [0.1, 0.15) is 11.3 Å². The van der Waals surface area contributed by atoms with Crippen LogP contribution in [0.25, 0.3) is 11.1 Å². The van der Waals surface area contributed by atoms with Gasteiger partial charge in [-0.1, -0.05) is 23.7 Å². The second-order valence-electron chi connectivity index (χ2n) is 4.28. The van der Waals surface area contributed by atoms with Gasteiger partial charge in [-0.15, -0.1) is 0 Å². The smallest absolute Gasteiger partial charge is 0.416 e. The molecule has 0 saturated carbocycles. The summed E-state index contributed by atoms with van der Waals surface area (Å²) < 4.78 is 38.2. The lowest BCUT2D eigenvalue weighted by atomic mass is 10.00. The number of nitrogens with zero attached hydrogens (tertiary/aromatic N) is 1. The van der Waals surface area contributed by atoms with Crippen LogP contribution in [0.5, 0.6) is 0 Å². The number of hydrogen-bond donors (Lipinski definition) is 1. The van der Waals surface area contributed by atoms with Crippen LogP contribution >= 0.6 is 11.6 Å². The molecule has 21 heavy (non-hydrogen) atoms. The monoisotopic (exact) mass is 315 g/mol. The lowest BCUT2D eigenvalue weighted by molar-refractivity contribution is -0.138. The van der Waals surface area contributed by atoms with E-state index >= 15 is 0 Å². The molecule has 1 aromatic carbocycles. The van der Waals surface area contributed by atoms with Crippen molar-refractivity contribution in [1.29, 1.82) is 0 Å². The van der Waals surface area contributed by atoms with E-state index in [0.717, 1.165) is 12.1 Å². The third-order valence-electron chi connectivity index (χ3n) is 2.76. The van der Waals surface area contributed by atoms with Gasteiger partial charge in [-0.2, -0.15) is 13.2 Å². The summed E-state index contributed by atoms with van der Waals surface area (Å²) in [6.07, 6.45) is -4.89. The highest BCUT2D eigenvalue weighted by Gasteiger charge is 2.30. The molecule has 0 unspecified atom stereocenters. The second-order valence-corrected chi connectivity index (χ2v) is 4.66. The van der Waals surface area contributed by atoms with Gasteiger partial charge < -0.3 is 5.11 Å². The van der Waals surface area contributed by atoms with E-state index < -0.39 is 24.1 Å². The van der Waals surface area contributed by atoms with Crippen molar-refractivity contribution < 1.29 is 23.1 Å². The van der Waals surface area contributed by atoms with Crippen molar-refractivity contribution in [3.05, 3.63) is 52.8 Å². The van der Waals surface area contributed by atoms with Gasteiger partial charge in [0.05, 0.1) is 17.7 Å². The Bertz CT molecular complexity index is 686. The van der Waals surface area contributed by atoms with E-state index in [4.69, 9.17) is 16.7 Å². The lowest BCUT2D eigenvalue weighted by Crippen LogP contribution is -2.06. The highest BCUT2D eigenvalue weighted by molar-refractivity contribution is 6.29. The highest BCUT2D eigenvalue weighted by Crippen LogP contribution is 2.33. The Kier molecular flexibility index (Phi) is 4.18. The molecule has 110 valence electrons. The van der Waals surface area contributed by atoms with E-state index in [1.165, 1.54) is 24.3 Å². The number of carboxylic acid groups (broad SMARTS) is 1. The van der Waals surface area contributed by atoms with Crippen molar-refractivity contribution in [3.63, 3.8) is 0 Å². The summed E-state index contributed by atoms with van der Waals surface area (Å²) >= 11 is 5.71. The van der Waals surface area contributed by atoms with Gasteiger partial charge in [-0.3, -0.25) is 4.79 Å². The number of alkyl halides is 3. The third kappa shape index (κ3) is 3.72. The molecule has 0 bridgehead atoms. The maximum Gasteiger partial charge on any atom is 0.416 e. The maximum atomic E-state index is 12.7. The molecule has 0 radical (unpaired) electrons. The molecule has 2 aromatic rings. The molecule has 7 heteroatoms. The number of rotatable bonds is 3. The Morgan fingerprint density at radius 3 is 2.57 bits per heavy atom. The molecule has 2 rings (SSSR count). The standard InChI is InChI=1S/C14H9ClF3NO2/c15-12-5-4-10(11(19-12)7-13(20)21)8-2-1-3-9(6-8)14(16,17)18/h1-6H,7H2,(H,20,21). The van der Waals surface area contributed by atoms with Crippen LogP contribution in [0.15, 0.2) is 36.4 Å². The molecule has 0 amide bonds. The third-order valence-corrected chi connectivity index (χ3v) is 2.97. The molecule has 1 aromatic heterocycles. The van der Waals surface area contributed by atoms with Crippen molar-refractivity contribution >= 4 is 17.6 Å². The molecule has 0 saturated heterocycles. The predicted octanol–water partition coefficient (Wildman–Crippen LogP) is 4.05. The first kappa shape index (κ1) is 15.3. The van der Waals surface area contributed by atoms with E-state index in [2.05, 4.69) is 4.98 Å². The number of carboxylic acids is 1. The van der Waals surface area contributed by atoms with E-state index in [-0.39, 0.29) is 16.4 Å². The second kappa shape index (κ2) is 5.73. The number of aromatic nitrogens is 1. The molecule has 3 nitrogen and oxygen atoms in total. The van der Waals surface area contributed by atoms with Crippen LogP contribution in [0.2, 0.25) is 5.15 Å². The van der Waals surface area contributed by atoms with E-state index in [1.54, 1.807) is 0 Å². The maximum absolute atomic E-state index is 12.7. The number of halogens is 4. The van der Waals surface area contributed by atoms with Gasteiger partial charge in [0.15, 0.2) is 0 Å². The number of pyridine rings is 1. The molecule has 0 aliphatic carbocycles. The fourth-order valence-electron chi connectivity index (χ4n) is 1.88. The van der Waals surface area contributed by atoms with Gasteiger partial charge in [-0.25, -0.2) is 4.98 Å². The minimum Gasteiger partial charge on any atom is -0.481 e. The molecule has 0 fully saturated rings. The summed E-state index contributed by atoms with van der Waals surface area (Å²) in [5, 5.41) is 8.94. The zero-order valence-corrected chi connectivity index (χ0v) is 11.2. The molecule has 0 aliphatic heterocycles. The first-order chi connectivity index (χ1) is 9.77. The van der Waals surface area contributed by atoms with Gasteiger partial charge in [0, 0.05) is 5.56 Å². The van der Waals surface area contributed by atoms with E-state index in [1.807, 2.05) is 0 Å². The minimum atomic E-state index is -4.47. The van der Waals surface area contributed by atoms with Crippen molar-refractivity contribution in [2.24, 2.45) is 0 Å². The van der Waals surface area contributed by atoms with Crippen LogP contribution < -0.4 is 0 Å². The Hall–Kier alpha value is -2.08. The Balaban J connectivity index is 2.54. The van der Waals surface area contributed by atoms with Gasteiger partial charge in [0.1, 0.15) is 5.15 Å². The SMILES string of the molecule is O=C(O)Cc1nc(Cl)ccc1-c1cccc(C(F)(F)F)c1. The number of benzene rings is 1. The normalized spacial score (nSPS) is 11.4. The number of hydrogen-bond acceptors (Lipinski definition) is 2. The van der Waals surface area contributed by atoms with Crippen molar-refractivity contribution in [1.82, 2.24) is 4.98 Å². The van der Waals surface area contributed by atoms with Crippen LogP contribution in [0, 0.1) is 0 Å². The highest BCUT2D eigenvalue weighted by atomic mass is 35.5. The number of aliphatic carboxylic acids is 1. The average Bonchev–Trinajstić information content (AvgIpc) is 2.37. The molecule has 1 N–H and O–H groups in total. The van der Waals surface area contributed by atoms with Crippen molar-refractivity contribution in [2.75, 3.05) is 0 Å². The zero-order chi connectivity index (χ0) is 15.6. The first-order valence-electron chi connectivity index (χ1n) is 5.82. The molecular formula is C14H9ClF3NO2. The fourth-order valence-corrected chi connectivity index (χ4v) is 2.04. The van der Waals surface area contributed by atoms with Gasteiger partial charge in [0.2, 0.25) is 0 Å². The molecule has 1 heterocycles. The van der Waals surface area contributed by atoms with Gasteiger partial charge in [-0.05, 0) is 29.8 Å². The number of carbonyl (C=O) groups is 1. The molecule has 0 spiro atoms.